The first-order valence-corrected chi connectivity index (χ1v) is 8.92. The highest BCUT2D eigenvalue weighted by Crippen LogP contribution is 2.27. The Morgan fingerprint density at radius 1 is 1.29 bits per heavy atom. The van der Waals surface area contributed by atoms with E-state index < -0.39 is 0 Å². The fourth-order valence-electron chi connectivity index (χ4n) is 3.47. The monoisotopic (exact) mass is 377 g/mol. The molecule has 1 heterocycles. The summed E-state index contributed by atoms with van der Waals surface area (Å²) in [6.07, 6.45) is 2.91. The number of aldehydes is 1. The van der Waals surface area contributed by atoms with E-state index in [0.29, 0.717) is 34.4 Å². The second-order valence-electron chi connectivity index (χ2n) is 6.73. The molecule has 0 atom stereocenters. The number of nitrogens with zero attached hydrogens (tertiary/aromatic N) is 2. The Hall–Kier alpha value is -3.45. The van der Waals surface area contributed by atoms with Crippen LogP contribution in [0.1, 0.15) is 27.0 Å². The summed E-state index contributed by atoms with van der Waals surface area (Å²) in [5.74, 6) is 4.98. The van der Waals surface area contributed by atoms with Crippen LogP contribution in [-0.2, 0) is 17.8 Å². The van der Waals surface area contributed by atoms with Gasteiger partial charge in [-0.25, -0.2) is 0 Å². The van der Waals surface area contributed by atoms with Crippen molar-refractivity contribution >= 4 is 35.4 Å². The van der Waals surface area contributed by atoms with Gasteiger partial charge in [-0.05, 0) is 35.3 Å². The Balaban J connectivity index is 1.70. The molecule has 0 fully saturated rings. The maximum Gasteiger partial charge on any atom is 0.238 e. The van der Waals surface area contributed by atoms with Gasteiger partial charge in [0.25, 0.3) is 0 Å². The molecule has 0 bridgehead atoms. The molecule has 0 aliphatic carbocycles. The number of fused-ring (bicyclic) bond motifs is 1. The molecule has 0 spiro atoms. The highest BCUT2D eigenvalue weighted by Gasteiger charge is 2.19. The Morgan fingerprint density at radius 2 is 2.04 bits per heavy atom. The number of anilines is 2. The zero-order valence-electron chi connectivity index (χ0n) is 15.5. The normalized spacial score (nSPS) is 13.9. The molecule has 0 radical (unpaired) electrons. The van der Waals surface area contributed by atoms with Gasteiger partial charge in [0.2, 0.25) is 5.91 Å². The van der Waals surface area contributed by atoms with Crippen molar-refractivity contribution < 1.29 is 9.59 Å². The van der Waals surface area contributed by atoms with Crippen LogP contribution in [0.25, 0.3) is 5.57 Å². The van der Waals surface area contributed by atoms with Crippen molar-refractivity contribution in [2.24, 2.45) is 10.9 Å². The fraction of sp³-hybridized carbons (Fsp3) is 0.190. The predicted molar refractivity (Wildman–Crippen MR) is 112 cm³/mol. The van der Waals surface area contributed by atoms with Crippen LogP contribution in [0.3, 0.4) is 0 Å². The molecule has 0 saturated heterocycles. The van der Waals surface area contributed by atoms with Gasteiger partial charge in [0.05, 0.1) is 12.8 Å². The molecular weight excluding hydrogens is 354 g/mol. The van der Waals surface area contributed by atoms with Crippen molar-refractivity contribution in [2.75, 3.05) is 24.1 Å². The van der Waals surface area contributed by atoms with Gasteiger partial charge in [0, 0.05) is 35.6 Å². The number of carbonyl (C=O) groups excluding carboxylic acids is 2. The first-order valence-electron chi connectivity index (χ1n) is 8.92. The molecule has 0 unspecified atom stereocenters. The average molecular weight is 377 g/mol. The molecular formula is C21H23N5O2. The third-order valence-corrected chi connectivity index (χ3v) is 4.74. The van der Waals surface area contributed by atoms with E-state index >= 15 is 0 Å². The molecule has 28 heavy (non-hydrogen) atoms. The number of nitrogen functional groups attached to an aromatic ring is 1. The van der Waals surface area contributed by atoms with E-state index in [0.717, 1.165) is 19.5 Å². The van der Waals surface area contributed by atoms with Crippen molar-refractivity contribution in [3.05, 3.63) is 65.2 Å². The third-order valence-electron chi connectivity index (χ3n) is 4.74. The number of nitrogens with two attached hydrogens (primary N) is 2. The van der Waals surface area contributed by atoms with Gasteiger partial charge >= 0.3 is 0 Å². The smallest absolute Gasteiger partial charge is 0.238 e. The van der Waals surface area contributed by atoms with Gasteiger partial charge in [0.15, 0.2) is 6.29 Å². The van der Waals surface area contributed by atoms with Gasteiger partial charge in [-0.15, -0.1) is 0 Å². The number of nitrogens with one attached hydrogen (secondary N) is 1. The molecule has 1 aliphatic rings. The Morgan fingerprint density at radius 3 is 2.75 bits per heavy atom. The van der Waals surface area contributed by atoms with Crippen LogP contribution in [0.15, 0.2) is 48.1 Å². The molecule has 1 aliphatic heterocycles. The zero-order chi connectivity index (χ0) is 20.1. The molecule has 2 aromatic rings. The SMILES string of the molecule is C=C(/C=N\N)c1c(N)cc(NC(=O)CN2CCc3ccccc3C2)cc1C=O. The topological polar surface area (TPSA) is 114 Å². The van der Waals surface area contributed by atoms with Crippen LogP contribution in [0.5, 0.6) is 0 Å². The number of carbonyl (C=O) groups is 2. The molecule has 7 heteroatoms. The second-order valence-corrected chi connectivity index (χ2v) is 6.73. The van der Waals surface area contributed by atoms with E-state index in [9.17, 15) is 9.59 Å². The van der Waals surface area contributed by atoms with E-state index in [1.54, 1.807) is 12.1 Å². The minimum atomic E-state index is -0.161. The highest BCUT2D eigenvalue weighted by molar-refractivity contribution is 6.14. The summed E-state index contributed by atoms with van der Waals surface area (Å²) >= 11 is 0. The summed E-state index contributed by atoms with van der Waals surface area (Å²) in [4.78, 5) is 26.0. The standard InChI is InChI=1S/C21H23N5O2/c1-14(10-24-23)21-17(13-27)8-18(9-19(21)22)25-20(28)12-26-7-6-15-4-2-3-5-16(15)11-26/h2-5,8-10,13H,1,6-7,11-12,22-23H2,(H,25,28)/b24-10-. The zero-order valence-corrected chi connectivity index (χ0v) is 15.5. The van der Waals surface area contributed by atoms with E-state index in [4.69, 9.17) is 11.6 Å². The summed E-state index contributed by atoms with van der Waals surface area (Å²) in [5.41, 5.74) is 10.6. The summed E-state index contributed by atoms with van der Waals surface area (Å²) in [7, 11) is 0. The first-order chi connectivity index (χ1) is 13.5. The van der Waals surface area contributed by atoms with Gasteiger partial charge < -0.3 is 16.9 Å². The molecule has 7 nitrogen and oxygen atoms in total. The van der Waals surface area contributed by atoms with E-state index in [1.165, 1.54) is 17.3 Å². The molecule has 2 aromatic carbocycles. The molecule has 0 aromatic heterocycles. The number of hydrogen-bond acceptors (Lipinski definition) is 6. The second kappa shape index (κ2) is 8.49. The molecule has 3 rings (SSSR count). The Bertz CT molecular complexity index is 952. The largest absolute Gasteiger partial charge is 0.398 e. The quantitative estimate of drug-likeness (QED) is 0.234. The molecule has 1 amide bonds. The maximum absolute atomic E-state index is 12.5. The first kappa shape index (κ1) is 19.3. The minimum absolute atomic E-state index is 0.161. The average Bonchev–Trinajstić information content (AvgIpc) is 2.67. The van der Waals surface area contributed by atoms with Crippen LogP contribution in [-0.4, -0.2) is 36.4 Å². The van der Waals surface area contributed by atoms with Gasteiger partial charge in [0.1, 0.15) is 0 Å². The Labute approximate surface area is 163 Å². The summed E-state index contributed by atoms with van der Waals surface area (Å²) in [6, 6.07) is 11.4. The third kappa shape index (κ3) is 4.27. The minimum Gasteiger partial charge on any atom is -0.398 e. The van der Waals surface area contributed by atoms with Crippen LogP contribution in [0.2, 0.25) is 0 Å². The number of allylic oxidation sites excluding steroid dienone is 1. The summed E-state index contributed by atoms with van der Waals surface area (Å²) in [5, 5.41) is 6.23. The van der Waals surface area contributed by atoms with Gasteiger partial charge in [-0.1, -0.05) is 30.8 Å². The van der Waals surface area contributed by atoms with Crippen molar-refractivity contribution in [3.8, 4) is 0 Å². The van der Waals surface area contributed by atoms with Crippen molar-refractivity contribution in [2.45, 2.75) is 13.0 Å². The Kier molecular flexibility index (Phi) is 5.86. The van der Waals surface area contributed by atoms with E-state index in [-0.39, 0.29) is 12.5 Å². The van der Waals surface area contributed by atoms with Crippen LogP contribution >= 0.6 is 0 Å². The van der Waals surface area contributed by atoms with Crippen LogP contribution in [0.4, 0.5) is 11.4 Å². The number of amides is 1. The lowest BCUT2D eigenvalue weighted by Gasteiger charge is -2.28. The molecule has 0 saturated carbocycles. The van der Waals surface area contributed by atoms with Crippen molar-refractivity contribution in [1.29, 1.82) is 0 Å². The van der Waals surface area contributed by atoms with Crippen LogP contribution in [0, 0.1) is 0 Å². The highest BCUT2D eigenvalue weighted by atomic mass is 16.2. The maximum atomic E-state index is 12.5. The molecule has 144 valence electrons. The van der Waals surface area contributed by atoms with Crippen molar-refractivity contribution in [1.82, 2.24) is 4.90 Å². The number of benzene rings is 2. The predicted octanol–water partition coefficient (Wildman–Crippen LogP) is 2.04. The van der Waals surface area contributed by atoms with Gasteiger partial charge in [-0.3, -0.25) is 14.5 Å². The summed E-state index contributed by atoms with van der Waals surface area (Å²) in [6.45, 7) is 5.63. The number of hydrazone groups is 1. The number of rotatable bonds is 6. The number of hydrogen-bond donors (Lipinski definition) is 3. The van der Waals surface area contributed by atoms with Gasteiger partial charge in [-0.2, -0.15) is 5.10 Å². The lowest BCUT2D eigenvalue weighted by molar-refractivity contribution is -0.117. The fourth-order valence-corrected chi connectivity index (χ4v) is 3.47. The lowest BCUT2D eigenvalue weighted by atomic mass is 9.99. The van der Waals surface area contributed by atoms with Crippen molar-refractivity contribution in [3.63, 3.8) is 0 Å². The van der Waals surface area contributed by atoms with E-state index in [1.807, 2.05) is 12.1 Å². The van der Waals surface area contributed by atoms with E-state index in [2.05, 4.69) is 34.0 Å². The molecule has 5 N–H and O–H groups in total. The lowest BCUT2D eigenvalue weighted by Crippen LogP contribution is -2.37. The van der Waals surface area contributed by atoms with Crippen LogP contribution < -0.4 is 16.9 Å². The summed E-state index contributed by atoms with van der Waals surface area (Å²) < 4.78 is 0.